The van der Waals surface area contributed by atoms with Crippen LogP contribution in [-0.4, -0.2) is 0 Å². The molecule has 0 saturated carbocycles. The first kappa shape index (κ1) is 11.9. The van der Waals surface area contributed by atoms with Crippen molar-refractivity contribution in [2.45, 2.75) is 20.3 Å². The Hall–Kier alpha value is -1.56. The van der Waals surface area contributed by atoms with E-state index in [2.05, 4.69) is 74.6 Å². The van der Waals surface area contributed by atoms with E-state index in [0.717, 1.165) is 6.42 Å². The van der Waals surface area contributed by atoms with Crippen LogP contribution in [0.2, 0.25) is 0 Å². The van der Waals surface area contributed by atoms with Crippen LogP contribution < -0.4 is 10.4 Å². The van der Waals surface area contributed by atoms with Crippen LogP contribution in [0.25, 0.3) is 12.2 Å². The molecule has 0 aromatic heterocycles. The second-order valence-electron chi connectivity index (χ2n) is 4.77. The minimum atomic E-state index is 0.485. The Labute approximate surface area is 104 Å². The second-order valence-corrected chi connectivity index (χ2v) is 4.77. The van der Waals surface area contributed by atoms with Gasteiger partial charge in [0.15, 0.2) is 0 Å². The molecule has 0 aliphatic heterocycles. The highest BCUT2D eigenvalue weighted by molar-refractivity contribution is 5.36. The monoisotopic (exact) mass is 224 g/mol. The van der Waals surface area contributed by atoms with E-state index in [1.165, 1.54) is 10.4 Å². The lowest BCUT2D eigenvalue weighted by atomic mass is 10.1. The summed E-state index contributed by atoms with van der Waals surface area (Å²) in [6, 6.07) is 8.60. The molecule has 0 nitrogen and oxygen atoms in total. The molecule has 0 radical (unpaired) electrons. The lowest BCUT2D eigenvalue weighted by molar-refractivity contribution is 0.900. The number of allylic oxidation sites excluding steroid dienone is 4. The third kappa shape index (κ3) is 3.45. The number of hydrogen-bond donors (Lipinski definition) is 0. The van der Waals surface area contributed by atoms with E-state index in [0.29, 0.717) is 11.8 Å². The maximum Gasteiger partial charge on any atom is -0.00725 e. The lowest BCUT2D eigenvalue weighted by Gasteiger charge is -2.00. The van der Waals surface area contributed by atoms with Crippen LogP contribution in [-0.2, 0) is 0 Å². The fourth-order valence-corrected chi connectivity index (χ4v) is 2.09. The van der Waals surface area contributed by atoms with Crippen molar-refractivity contribution in [1.82, 2.24) is 0 Å². The maximum absolute atomic E-state index is 2.33. The van der Waals surface area contributed by atoms with E-state index >= 15 is 0 Å². The molecule has 0 fully saturated rings. The molecule has 0 spiro atoms. The minimum absolute atomic E-state index is 0.485. The summed E-state index contributed by atoms with van der Waals surface area (Å²) in [5.74, 6) is 1.01. The Morgan fingerprint density at radius 1 is 0.882 bits per heavy atom. The molecule has 88 valence electrons. The van der Waals surface area contributed by atoms with Crippen molar-refractivity contribution >= 4 is 12.2 Å². The molecule has 0 amide bonds. The molecule has 1 aromatic rings. The van der Waals surface area contributed by atoms with E-state index in [1.807, 2.05) is 0 Å². The zero-order valence-corrected chi connectivity index (χ0v) is 10.6. The Morgan fingerprint density at radius 3 is 2.41 bits per heavy atom. The molecule has 1 aromatic carbocycles. The van der Waals surface area contributed by atoms with Crippen molar-refractivity contribution in [3.63, 3.8) is 0 Å². The van der Waals surface area contributed by atoms with Crippen molar-refractivity contribution < 1.29 is 0 Å². The Balaban J connectivity index is 2.51. The average Bonchev–Trinajstić information content (AvgIpc) is 2.36. The van der Waals surface area contributed by atoms with Crippen molar-refractivity contribution in [3.05, 3.63) is 59.0 Å². The fourth-order valence-electron chi connectivity index (χ4n) is 2.09. The summed E-state index contributed by atoms with van der Waals surface area (Å²) in [6.45, 7) is 4.46. The van der Waals surface area contributed by atoms with Crippen molar-refractivity contribution in [1.29, 1.82) is 0 Å². The summed E-state index contributed by atoms with van der Waals surface area (Å²) in [5.41, 5.74) is 0. The average molecular weight is 224 g/mol. The highest BCUT2D eigenvalue weighted by Crippen LogP contribution is 2.06. The van der Waals surface area contributed by atoms with Gasteiger partial charge in [-0.1, -0.05) is 74.6 Å². The molecule has 17 heavy (non-hydrogen) atoms. The third-order valence-electron chi connectivity index (χ3n) is 3.07. The quantitative estimate of drug-likeness (QED) is 0.594. The van der Waals surface area contributed by atoms with Crippen molar-refractivity contribution in [2.24, 2.45) is 11.8 Å². The zero-order chi connectivity index (χ0) is 12.1. The first-order valence-electron chi connectivity index (χ1n) is 6.38. The smallest absolute Gasteiger partial charge is 0.00725 e. The summed E-state index contributed by atoms with van der Waals surface area (Å²) in [5, 5.41) is 2.68. The van der Waals surface area contributed by atoms with Crippen LogP contribution in [0.4, 0.5) is 0 Å². The summed E-state index contributed by atoms with van der Waals surface area (Å²) in [6.07, 6.45) is 14.7. The van der Waals surface area contributed by atoms with Crippen molar-refractivity contribution in [2.75, 3.05) is 0 Å². The molecule has 2 atom stereocenters. The predicted octanol–water partition coefficient (Wildman–Crippen LogP) is 3.04. The lowest BCUT2D eigenvalue weighted by Crippen LogP contribution is -2.24. The first-order chi connectivity index (χ1) is 8.25. The zero-order valence-electron chi connectivity index (χ0n) is 10.6. The molecule has 0 saturated heterocycles. The molecule has 0 heteroatoms. The van der Waals surface area contributed by atoms with Gasteiger partial charge in [0.05, 0.1) is 0 Å². The van der Waals surface area contributed by atoms with E-state index in [9.17, 15) is 0 Å². The third-order valence-corrected chi connectivity index (χ3v) is 3.07. The van der Waals surface area contributed by atoms with Gasteiger partial charge in [0.1, 0.15) is 0 Å². The van der Waals surface area contributed by atoms with Crippen LogP contribution in [0.5, 0.6) is 0 Å². The number of fused-ring (bicyclic) bond motifs is 1. The molecular formula is C17H20. The van der Waals surface area contributed by atoms with Gasteiger partial charge in [0.2, 0.25) is 0 Å². The van der Waals surface area contributed by atoms with Crippen LogP contribution in [0.3, 0.4) is 0 Å². The van der Waals surface area contributed by atoms with Gasteiger partial charge >= 0.3 is 0 Å². The summed E-state index contributed by atoms with van der Waals surface area (Å²) < 4.78 is 0. The van der Waals surface area contributed by atoms with Crippen LogP contribution >= 0.6 is 0 Å². The van der Waals surface area contributed by atoms with Gasteiger partial charge in [-0.3, -0.25) is 0 Å². The normalized spacial score (nSPS) is 31.9. The Kier molecular flexibility index (Phi) is 3.98. The number of benzene rings is 1. The Morgan fingerprint density at radius 2 is 1.59 bits per heavy atom. The van der Waals surface area contributed by atoms with Crippen LogP contribution in [0.15, 0.2) is 48.6 Å². The predicted molar refractivity (Wildman–Crippen MR) is 75.8 cm³/mol. The van der Waals surface area contributed by atoms with Gasteiger partial charge in [-0.15, -0.1) is 0 Å². The van der Waals surface area contributed by atoms with Gasteiger partial charge in [0, 0.05) is 0 Å². The molecule has 2 rings (SSSR count). The van der Waals surface area contributed by atoms with Crippen molar-refractivity contribution in [3.8, 4) is 0 Å². The number of hydrogen-bond acceptors (Lipinski definition) is 0. The van der Waals surface area contributed by atoms with Gasteiger partial charge in [-0.2, -0.15) is 0 Å². The molecular weight excluding hydrogens is 204 g/mol. The maximum atomic E-state index is 2.33. The fraction of sp³-hybridized carbons (Fsp3) is 0.294. The van der Waals surface area contributed by atoms with Gasteiger partial charge < -0.3 is 0 Å². The molecule has 0 heterocycles. The first-order valence-corrected chi connectivity index (χ1v) is 6.38. The summed E-state index contributed by atoms with van der Waals surface area (Å²) >= 11 is 0. The van der Waals surface area contributed by atoms with E-state index in [4.69, 9.17) is 0 Å². The minimum Gasteiger partial charge on any atom is -0.0841 e. The second kappa shape index (κ2) is 5.67. The van der Waals surface area contributed by atoms with Gasteiger partial charge in [0.25, 0.3) is 0 Å². The SMILES string of the molecule is CC1/C=C\C/C=c2/cccc/c2=C/C(C)/C=C\1. The molecule has 1 aliphatic carbocycles. The molecule has 0 bridgehead atoms. The van der Waals surface area contributed by atoms with Crippen LogP contribution in [0, 0.1) is 11.8 Å². The van der Waals surface area contributed by atoms with Gasteiger partial charge in [-0.05, 0) is 28.7 Å². The van der Waals surface area contributed by atoms with Gasteiger partial charge in [-0.25, -0.2) is 0 Å². The van der Waals surface area contributed by atoms with E-state index < -0.39 is 0 Å². The molecule has 1 aliphatic rings. The molecule has 2 unspecified atom stereocenters. The standard InChI is InChI=1S/C17H20/c1-14-7-3-4-8-16-9-5-6-10-17(16)13-15(2)12-11-14/h3,5-15H,4H2,1-2H3/b7-3-,12-11-,16-8-,17-13-. The number of rotatable bonds is 0. The Bertz CT molecular complexity index is 531. The summed E-state index contributed by atoms with van der Waals surface area (Å²) in [4.78, 5) is 0. The van der Waals surface area contributed by atoms with E-state index in [1.54, 1.807) is 0 Å². The summed E-state index contributed by atoms with van der Waals surface area (Å²) in [7, 11) is 0. The largest absolute Gasteiger partial charge is 0.0841 e. The topological polar surface area (TPSA) is 0 Å². The highest BCUT2D eigenvalue weighted by atomic mass is 14.0. The van der Waals surface area contributed by atoms with E-state index in [-0.39, 0.29) is 0 Å². The van der Waals surface area contributed by atoms with Crippen LogP contribution in [0.1, 0.15) is 20.3 Å². The molecule has 0 N–H and O–H groups in total. The highest BCUT2D eigenvalue weighted by Gasteiger charge is 1.95.